The molecular weight excluding hydrogens is 279 g/mol. The number of halogens is 2. The van der Waals surface area contributed by atoms with E-state index >= 15 is 0 Å². The van der Waals surface area contributed by atoms with Gasteiger partial charge in [-0.2, -0.15) is 5.26 Å². The van der Waals surface area contributed by atoms with Gasteiger partial charge in [0.15, 0.2) is 0 Å². The lowest BCUT2D eigenvalue weighted by Crippen LogP contribution is -2.12. The standard InChI is InChI=1S/C15H10ClFN2O/c1-9-6-11(3-4-13(9)17)15(20)19-14-5-2-10(8-18)7-12(14)16/h2-7H,1H3,(H,19,20). The van der Waals surface area contributed by atoms with E-state index in [0.717, 1.165) is 0 Å². The lowest BCUT2D eigenvalue weighted by molar-refractivity contribution is 0.102. The van der Waals surface area contributed by atoms with Crippen molar-refractivity contribution < 1.29 is 9.18 Å². The van der Waals surface area contributed by atoms with E-state index in [9.17, 15) is 9.18 Å². The fraction of sp³-hybridized carbons (Fsp3) is 0.0667. The summed E-state index contributed by atoms with van der Waals surface area (Å²) in [6, 6.07) is 10.6. The molecule has 0 saturated heterocycles. The van der Waals surface area contributed by atoms with Crippen LogP contribution in [0.25, 0.3) is 0 Å². The largest absolute Gasteiger partial charge is 0.321 e. The van der Waals surface area contributed by atoms with Crippen LogP contribution in [0.2, 0.25) is 5.02 Å². The van der Waals surface area contributed by atoms with Crippen molar-refractivity contribution in [3.05, 3.63) is 63.9 Å². The number of carbonyl (C=O) groups is 1. The van der Waals surface area contributed by atoms with Crippen LogP contribution in [0.1, 0.15) is 21.5 Å². The number of nitrogens with zero attached hydrogens (tertiary/aromatic N) is 1. The fourth-order valence-corrected chi connectivity index (χ4v) is 1.89. The highest BCUT2D eigenvalue weighted by Crippen LogP contribution is 2.23. The molecule has 2 aromatic rings. The second-order valence-corrected chi connectivity index (χ2v) is 4.63. The van der Waals surface area contributed by atoms with E-state index in [1.807, 2.05) is 6.07 Å². The Hall–Kier alpha value is -2.38. The molecular formula is C15H10ClFN2O. The van der Waals surface area contributed by atoms with E-state index < -0.39 is 0 Å². The van der Waals surface area contributed by atoms with Crippen LogP contribution in [0.5, 0.6) is 0 Å². The van der Waals surface area contributed by atoms with E-state index in [1.165, 1.54) is 24.3 Å². The number of rotatable bonds is 2. The number of nitrogens with one attached hydrogen (secondary N) is 1. The third kappa shape index (κ3) is 2.95. The van der Waals surface area contributed by atoms with Crippen LogP contribution in [0, 0.1) is 24.1 Å². The summed E-state index contributed by atoms with van der Waals surface area (Å²) in [6.45, 7) is 1.58. The summed E-state index contributed by atoms with van der Waals surface area (Å²) < 4.78 is 13.2. The van der Waals surface area contributed by atoms with Gasteiger partial charge in [0.05, 0.1) is 22.3 Å². The minimum Gasteiger partial charge on any atom is -0.321 e. The molecule has 0 bridgehead atoms. The second kappa shape index (κ2) is 5.72. The first-order valence-corrected chi connectivity index (χ1v) is 6.16. The first kappa shape index (κ1) is 14.0. The van der Waals surface area contributed by atoms with Crippen LogP contribution in [0.15, 0.2) is 36.4 Å². The summed E-state index contributed by atoms with van der Waals surface area (Å²) in [5.41, 5.74) is 1.54. The summed E-state index contributed by atoms with van der Waals surface area (Å²) in [6.07, 6.45) is 0. The topological polar surface area (TPSA) is 52.9 Å². The van der Waals surface area contributed by atoms with Crippen LogP contribution in [-0.2, 0) is 0 Å². The van der Waals surface area contributed by atoms with Gasteiger partial charge in [0.25, 0.3) is 5.91 Å². The van der Waals surface area contributed by atoms with Crippen molar-refractivity contribution in [2.24, 2.45) is 0 Å². The zero-order chi connectivity index (χ0) is 14.7. The van der Waals surface area contributed by atoms with Crippen molar-refractivity contribution in [1.29, 1.82) is 5.26 Å². The van der Waals surface area contributed by atoms with Crippen LogP contribution in [0.3, 0.4) is 0 Å². The first-order chi connectivity index (χ1) is 9.51. The minimum absolute atomic E-state index is 0.274. The summed E-state index contributed by atoms with van der Waals surface area (Å²) in [5, 5.41) is 11.6. The molecule has 1 N–H and O–H groups in total. The van der Waals surface area contributed by atoms with E-state index in [2.05, 4.69) is 5.32 Å². The van der Waals surface area contributed by atoms with Crippen LogP contribution in [-0.4, -0.2) is 5.91 Å². The van der Waals surface area contributed by atoms with Crippen molar-refractivity contribution in [3.63, 3.8) is 0 Å². The van der Waals surface area contributed by atoms with Gasteiger partial charge >= 0.3 is 0 Å². The van der Waals surface area contributed by atoms with Gasteiger partial charge in [0.2, 0.25) is 0 Å². The maximum absolute atomic E-state index is 13.2. The lowest BCUT2D eigenvalue weighted by Gasteiger charge is -2.08. The molecule has 0 saturated carbocycles. The van der Waals surface area contributed by atoms with Gasteiger partial charge in [-0.1, -0.05) is 11.6 Å². The molecule has 0 aromatic heterocycles. The van der Waals surface area contributed by atoms with Gasteiger partial charge in [-0.3, -0.25) is 4.79 Å². The number of anilines is 1. The Bertz CT molecular complexity index is 722. The molecule has 20 heavy (non-hydrogen) atoms. The third-order valence-electron chi connectivity index (χ3n) is 2.77. The molecule has 0 unspecified atom stereocenters. The second-order valence-electron chi connectivity index (χ2n) is 4.22. The maximum Gasteiger partial charge on any atom is 0.255 e. The molecule has 0 radical (unpaired) electrons. The van der Waals surface area contributed by atoms with Gasteiger partial charge < -0.3 is 5.32 Å². The predicted molar refractivity (Wildman–Crippen MR) is 75.3 cm³/mol. The Balaban J connectivity index is 2.23. The average Bonchev–Trinajstić information content (AvgIpc) is 2.43. The van der Waals surface area contributed by atoms with Gasteiger partial charge in [-0.15, -0.1) is 0 Å². The number of hydrogen-bond acceptors (Lipinski definition) is 2. The van der Waals surface area contributed by atoms with Crippen molar-refractivity contribution >= 4 is 23.2 Å². The summed E-state index contributed by atoms with van der Waals surface area (Å²) in [4.78, 5) is 12.0. The number of amides is 1. The summed E-state index contributed by atoms with van der Waals surface area (Å²) in [5.74, 6) is -0.752. The SMILES string of the molecule is Cc1cc(C(=O)Nc2ccc(C#N)cc2Cl)ccc1F. The smallest absolute Gasteiger partial charge is 0.255 e. The monoisotopic (exact) mass is 288 g/mol. The molecule has 100 valence electrons. The van der Waals surface area contributed by atoms with E-state index in [-0.39, 0.29) is 16.7 Å². The Labute approximate surface area is 120 Å². The van der Waals surface area contributed by atoms with Crippen LogP contribution >= 0.6 is 11.6 Å². The Morgan fingerprint density at radius 3 is 2.65 bits per heavy atom. The van der Waals surface area contributed by atoms with Crippen molar-refractivity contribution in [3.8, 4) is 6.07 Å². The maximum atomic E-state index is 13.2. The fourth-order valence-electron chi connectivity index (χ4n) is 1.67. The number of aryl methyl sites for hydroxylation is 1. The molecule has 2 rings (SSSR count). The van der Waals surface area contributed by atoms with Gasteiger partial charge in [-0.25, -0.2) is 4.39 Å². The van der Waals surface area contributed by atoms with Crippen molar-refractivity contribution in [1.82, 2.24) is 0 Å². The normalized spacial score (nSPS) is 9.90. The number of benzene rings is 2. The lowest BCUT2D eigenvalue weighted by atomic mass is 10.1. The highest BCUT2D eigenvalue weighted by molar-refractivity contribution is 6.34. The van der Waals surface area contributed by atoms with E-state index in [0.29, 0.717) is 22.4 Å². The van der Waals surface area contributed by atoms with Crippen molar-refractivity contribution in [2.45, 2.75) is 6.92 Å². The quantitative estimate of drug-likeness (QED) is 0.911. The molecule has 0 atom stereocenters. The minimum atomic E-state index is -0.389. The zero-order valence-corrected chi connectivity index (χ0v) is 11.3. The Morgan fingerprint density at radius 1 is 1.30 bits per heavy atom. The number of hydrogen-bond donors (Lipinski definition) is 1. The summed E-state index contributed by atoms with van der Waals surface area (Å²) >= 11 is 5.97. The Morgan fingerprint density at radius 2 is 2.05 bits per heavy atom. The third-order valence-corrected chi connectivity index (χ3v) is 3.08. The van der Waals surface area contributed by atoms with E-state index in [1.54, 1.807) is 19.1 Å². The highest BCUT2D eigenvalue weighted by atomic mass is 35.5. The first-order valence-electron chi connectivity index (χ1n) is 5.78. The molecule has 0 aliphatic carbocycles. The number of nitriles is 1. The predicted octanol–water partition coefficient (Wildman–Crippen LogP) is 3.91. The molecule has 1 amide bonds. The van der Waals surface area contributed by atoms with Crippen molar-refractivity contribution in [2.75, 3.05) is 5.32 Å². The van der Waals surface area contributed by atoms with Gasteiger partial charge in [-0.05, 0) is 48.9 Å². The molecule has 0 fully saturated rings. The Kier molecular flexibility index (Phi) is 4.02. The summed E-state index contributed by atoms with van der Waals surface area (Å²) in [7, 11) is 0. The molecule has 2 aromatic carbocycles. The average molecular weight is 289 g/mol. The molecule has 0 heterocycles. The molecule has 0 aliphatic heterocycles. The zero-order valence-electron chi connectivity index (χ0n) is 10.6. The highest BCUT2D eigenvalue weighted by Gasteiger charge is 2.10. The molecule has 3 nitrogen and oxygen atoms in total. The van der Waals surface area contributed by atoms with Crippen LogP contribution < -0.4 is 5.32 Å². The van der Waals surface area contributed by atoms with Crippen LogP contribution in [0.4, 0.5) is 10.1 Å². The van der Waals surface area contributed by atoms with Gasteiger partial charge in [0, 0.05) is 5.56 Å². The molecule has 5 heteroatoms. The molecule has 0 aliphatic rings. The van der Waals surface area contributed by atoms with Gasteiger partial charge in [0.1, 0.15) is 5.82 Å². The van der Waals surface area contributed by atoms with E-state index in [4.69, 9.17) is 16.9 Å². The number of carbonyl (C=O) groups excluding carboxylic acids is 1. The molecule has 0 spiro atoms.